The number of rotatable bonds is 10. The molecule has 1 atom stereocenters. The van der Waals surface area contributed by atoms with Crippen molar-refractivity contribution in [3.8, 4) is 11.5 Å². The molecule has 10 heteroatoms. The largest absolute Gasteiger partial charge is 0.491 e. The van der Waals surface area contributed by atoms with Gasteiger partial charge < -0.3 is 19.7 Å². The highest BCUT2D eigenvalue weighted by atomic mass is 35.5. The molecule has 38 heavy (non-hydrogen) atoms. The molecule has 204 valence electrons. The summed E-state index contributed by atoms with van der Waals surface area (Å²) < 4.78 is 38.1. The molecular weight excluding hydrogens is 524 g/mol. The molecule has 0 radical (unpaired) electrons. The van der Waals surface area contributed by atoms with Crippen LogP contribution in [0, 0.1) is 0 Å². The molecule has 4 rings (SSSR count). The van der Waals surface area contributed by atoms with Crippen molar-refractivity contribution >= 4 is 32.9 Å². The maximum atomic E-state index is 12.9. The number of anilines is 2. The van der Waals surface area contributed by atoms with E-state index in [0.29, 0.717) is 29.5 Å². The second-order valence-electron chi connectivity index (χ2n) is 10.1. The molecule has 0 amide bonds. The van der Waals surface area contributed by atoms with E-state index in [9.17, 15) is 8.42 Å². The molecule has 0 aliphatic carbocycles. The summed E-state index contributed by atoms with van der Waals surface area (Å²) in [5, 5.41) is 2.83. The summed E-state index contributed by atoms with van der Waals surface area (Å²) in [6.07, 6.45) is 3.04. The van der Waals surface area contributed by atoms with Crippen molar-refractivity contribution < 1.29 is 17.9 Å². The van der Waals surface area contributed by atoms with Crippen LogP contribution < -0.4 is 14.8 Å². The van der Waals surface area contributed by atoms with Gasteiger partial charge in [0.25, 0.3) is 0 Å². The molecule has 2 aromatic carbocycles. The lowest BCUT2D eigenvalue weighted by Crippen LogP contribution is -2.21. The molecule has 0 unspecified atom stereocenters. The fraction of sp³-hybridized carbons (Fsp3) is 0.429. The maximum Gasteiger partial charge on any atom is 0.182 e. The number of nitrogens with one attached hydrogen (secondary N) is 1. The van der Waals surface area contributed by atoms with E-state index in [1.165, 1.54) is 6.20 Å². The van der Waals surface area contributed by atoms with Crippen LogP contribution in [-0.2, 0) is 16.3 Å². The molecule has 2 heterocycles. The lowest BCUT2D eigenvalue weighted by molar-refractivity contribution is 0.204. The highest BCUT2D eigenvalue weighted by Gasteiger charge is 2.24. The molecule has 1 aliphatic heterocycles. The Morgan fingerprint density at radius 1 is 1.16 bits per heavy atom. The Kier molecular flexibility index (Phi) is 8.80. The molecular formula is C28H35ClN4O4S. The number of hydrogen-bond acceptors (Lipinski definition) is 8. The second kappa shape index (κ2) is 11.9. The second-order valence-corrected chi connectivity index (χ2v) is 13.0. The summed E-state index contributed by atoms with van der Waals surface area (Å²) in [7, 11) is -1.42. The van der Waals surface area contributed by atoms with Crippen LogP contribution in [-0.4, -0.2) is 60.9 Å². The number of aromatic nitrogens is 2. The highest BCUT2D eigenvalue weighted by Crippen LogP contribution is 2.32. The van der Waals surface area contributed by atoms with Crippen LogP contribution in [0.4, 0.5) is 11.5 Å². The molecule has 8 nitrogen and oxygen atoms in total. The first-order chi connectivity index (χ1) is 18.0. The first-order valence-electron chi connectivity index (χ1n) is 12.8. The van der Waals surface area contributed by atoms with E-state index >= 15 is 0 Å². The Morgan fingerprint density at radius 3 is 2.61 bits per heavy atom. The van der Waals surface area contributed by atoms with Crippen molar-refractivity contribution in [2.24, 2.45) is 0 Å². The van der Waals surface area contributed by atoms with Gasteiger partial charge in [-0.1, -0.05) is 29.8 Å². The number of likely N-dealkylation sites (tertiary alicyclic amines) is 1. The summed E-state index contributed by atoms with van der Waals surface area (Å²) in [4.78, 5) is 11.5. The van der Waals surface area contributed by atoms with E-state index in [0.717, 1.165) is 30.8 Å². The van der Waals surface area contributed by atoms with Gasteiger partial charge in [-0.15, -0.1) is 0 Å². The monoisotopic (exact) mass is 558 g/mol. The highest BCUT2D eigenvalue weighted by molar-refractivity contribution is 7.92. The zero-order valence-electron chi connectivity index (χ0n) is 22.4. The van der Waals surface area contributed by atoms with Gasteiger partial charge >= 0.3 is 0 Å². The quantitative estimate of drug-likeness (QED) is 0.348. The van der Waals surface area contributed by atoms with Gasteiger partial charge in [-0.2, -0.15) is 0 Å². The average Bonchev–Trinajstić information content (AvgIpc) is 3.27. The van der Waals surface area contributed by atoms with Crippen molar-refractivity contribution in [1.82, 2.24) is 14.9 Å². The van der Waals surface area contributed by atoms with E-state index in [1.807, 2.05) is 32.0 Å². The van der Waals surface area contributed by atoms with E-state index in [2.05, 4.69) is 27.2 Å². The van der Waals surface area contributed by atoms with Crippen LogP contribution in [0.3, 0.4) is 0 Å². The summed E-state index contributed by atoms with van der Waals surface area (Å²) in [5.74, 6) is 2.33. The fourth-order valence-electron chi connectivity index (χ4n) is 4.25. The standard InChI is InChI=1S/C28H35ClN4O4S/c1-18(2)36-25-15-21(37-22-12-13-33(5)17-22)11-10-20(25)14-27-30-16-23(29)28(32-27)31-24-8-6-7-9-26(24)38(34,35)19(3)4/h6-11,15-16,18-19,22H,12-14,17H2,1-5H3,(H,30,31,32)/t22-/m1/s1. The molecule has 3 aromatic rings. The van der Waals surface area contributed by atoms with Gasteiger partial charge in [0.2, 0.25) is 0 Å². The van der Waals surface area contributed by atoms with Crippen LogP contribution in [0.1, 0.15) is 45.5 Å². The lowest BCUT2D eigenvalue weighted by atomic mass is 10.1. The smallest absolute Gasteiger partial charge is 0.182 e. The third-order valence-electron chi connectivity index (χ3n) is 6.26. The Labute approximate surface area is 230 Å². The molecule has 0 saturated carbocycles. The SMILES string of the molecule is CC(C)Oc1cc(O[C@@H]2CCN(C)C2)ccc1Cc1ncc(Cl)c(Nc2ccccc2S(=O)(=O)C(C)C)n1. The van der Waals surface area contributed by atoms with E-state index in [1.54, 1.807) is 38.1 Å². The Balaban J connectivity index is 1.59. The predicted octanol–water partition coefficient (Wildman–Crippen LogP) is 5.52. The lowest BCUT2D eigenvalue weighted by Gasteiger charge is -2.18. The average molecular weight is 559 g/mol. The minimum atomic E-state index is -3.51. The van der Waals surface area contributed by atoms with E-state index in [-0.39, 0.29) is 22.1 Å². The number of nitrogens with zero attached hydrogens (tertiary/aromatic N) is 3. The molecule has 0 spiro atoms. The number of ether oxygens (including phenoxy) is 2. The Hall–Kier alpha value is -2.88. The Morgan fingerprint density at radius 2 is 1.92 bits per heavy atom. The first kappa shape index (κ1) is 28.1. The minimum Gasteiger partial charge on any atom is -0.491 e. The number of halogens is 1. The van der Waals surface area contributed by atoms with Crippen LogP contribution >= 0.6 is 11.6 Å². The zero-order chi connectivity index (χ0) is 27.4. The molecule has 0 bridgehead atoms. The van der Waals surface area contributed by atoms with Crippen molar-refractivity contribution in [1.29, 1.82) is 0 Å². The van der Waals surface area contributed by atoms with Gasteiger partial charge in [0.15, 0.2) is 15.7 Å². The van der Waals surface area contributed by atoms with Crippen molar-refractivity contribution in [3.05, 3.63) is 65.1 Å². The molecule has 1 saturated heterocycles. The molecule has 1 N–H and O–H groups in total. The normalized spacial score (nSPS) is 16.3. The molecule has 1 fully saturated rings. The Bertz CT molecular complexity index is 1380. The number of sulfone groups is 1. The summed E-state index contributed by atoms with van der Waals surface area (Å²) >= 11 is 6.41. The molecule has 1 aromatic heterocycles. The number of hydrogen-bond donors (Lipinski definition) is 1. The minimum absolute atomic E-state index is 0.0237. The van der Waals surface area contributed by atoms with Crippen LogP contribution in [0.25, 0.3) is 0 Å². The van der Waals surface area contributed by atoms with Crippen LogP contribution in [0.15, 0.2) is 53.6 Å². The molecule has 1 aliphatic rings. The number of benzene rings is 2. The van der Waals surface area contributed by atoms with Crippen molar-refractivity contribution in [3.63, 3.8) is 0 Å². The van der Waals surface area contributed by atoms with Gasteiger partial charge in [-0.3, -0.25) is 0 Å². The maximum absolute atomic E-state index is 12.9. The summed E-state index contributed by atoms with van der Waals surface area (Å²) in [6.45, 7) is 9.19. The van der Waals surface area contributed by atoms with Gasteiger partial charge in [0, 0.05) is 31.1 Å². The predicted molar refractivity (Wildman–Crippen MR) is 151 cm³/mol. The van der Waals surface area contributed by atoms with Gasteiger partial charge in [0.1, 0.15) is 28.5 Å². The van der Waals surface area contributed by atoms with E-state index in [4.69, 9.17) is 21.1 Å². The summed E-state index contributed by atoms with van der Waals surface area (Å²) in [5.41, 5.74) is 1.32. The summed E-state index contributed by atoms with van der Waals surface area (Å²) in [6, 6.07) is 12.6. The first-order valence-corrected chi connectivity index (χ1v) is 14.7. The van der Waals surface area contributed by atoms with Crippen molar-refractivity contribution in [2.45, 2.75) is 62.9 Å². The van der Waals surface area contributed by atoms with Gasteiger partial charge in [-0.25, -0.2) is 18.4 Å². The third kappa shape index (κ3) is 6.76. The number of para-hydroxylation sites is 1. The number of likely N-dealkylation sites (N-methyl/N-ethyl adjacent to an activating group) is 1. The van der Waals surface area contributed by atoms with Crippen molar-refractivity contribution in [2.75, 3.05) is 25.5 Å². The van der Waals surface area contributed by atoms with Crippen LogP contribution in [0.5, 0.6) is 11.5 Å². The third-order valence-corrected chi connectivity index (χ3v) is 8.75. The van der Waals surface area contributed by atoms with Gasteiger partial charge in [0.05, 0.1) is 28.1 Å². The fourth-order valence-corrected chi connectivity index (χ4v) is 5.59. The van der Waals surface area contributed by atoms with E-state index < -0.39 is 15.1 Å². The zero-order valence-corrected chi connectivity index (χ0v) is 24.0. The topological polar surface area (TPSA) is 93.7 Å². The van der Waals surface area contributed by atoms with Gasteiger partial charge in [-0.05, 0) is 59.4 Å². The van der Waals surface area contributed by atoms with Crippen LogP contribution in [0.2, 0.25) is 5.02 Å².